The van der Waals surface area contributed by atoms with Gasteiger partial charge < -0.3 is 5.32 Å². The Bertz CT molecular complexity index is 601. The summed E-state index contributed by atoms with van der Waals surface area (Å²) in [7, 11) is 0. The van der Waals surface area contributed by atoms with Crippen molar-refractivity contribution in [3.8, 4) is 0 Å². The molecule has 5 heteroatoms. The minimum absolute atomic E-state index is 0.0849. The van der Waals surface area contributed by atoms with Gasteiger partial charge in [-0.05, 0) is 24.6 Å². The molecule has 1 N–H and O–H groups in total. The second kappa shape index (κ2) is 5.31. The number of halogens is 2. The van der Waals surface area contributed by atoms with E-state index in [4.69, 9.17) is 11.6 Å². The number of fused-ring (bicyclic) bond motifs is 1. The standard InChI is InChI=1S/C13H12ClFN2O/c1-2-5-16-13(18)10-6-8-3-4-9(15)7-11(8)17-12(10)14/h3-4,6-7H,2,5H2,1H3,(H,16,18). The lowest BCUT2D eigenvalue weighted by Gasteiger charge is -2.06. The van der Waals surface area contributed by atoms with Gasteiger partial charge in [0.1, 0.15) is 11.0 Å². The third-order valence-electron chi connectivity index (χ3n) is 2.51. The summed E-state index contributed by atoms with van der Waals surface area (Å²) in [6, 6.07) is 5.81. The van der Waals surface area contributed by atoms with E-state index in [1.165, 1.54) is 12.1 Å². The highest BCUT2D eigenvalue weighted by atomic mass is 35.5. The summed E-state index contributed by atoms with van der Waals surface area (Å²) in [5.41, 5.74) is 0.747. The number of nitrogens with one attached hydrogen (secondary N) is 1. The molecule has 1 amide bonds. The molecule has 0 bridgehead atoms. The van der Waals surface area contributed by atoms with Crippen molar-refractivity contribution in [1.29, 1.82) is 0 Å². The Morgan fingerprint density at radius 2 is 2.22 bits per heavy atom. The van der Waals surface area contributed by atoms with Crippen LogP contribution in [0.2, 0.25) is 5.15 Å². The molecule has 3 nitrogen and oxygen atoms in total. The van der Waals surface area contributed by atoms with Crippen LogP contribution in [0.1, 0.15) is 23.7 Å². The average molecular weight is 267 g/mol. The fraction of sp³-hybridized carbons (Fsp3) is 0.231. The Hall–Kier alpha value is -1.68. The van der Waals surface area contributed by atoms with E-state index in [0.29, 0.717) is 23.0 Å². The summed E-state index contributed by atoms with van der Waals surface area (Å²) >= 11 is 5.93. The number of hydrogen-bond acceptors (Lipinski definition) is 2. The van der Waals surface area contributed by atoms with E-state index in [9.17, 15) is 9.18 Å². The quantitative estimate of drug-likeness (QED) is 0.867. The van der Waals surface area contributed by atoms with Crippen LogP contribution in [0.5, 0.6) is 0 Å². The Morgan fingerprint density at radius 1 is 1.44 bits per heavy atom. The van der Waals surface area contributed by atoms with Crippen LogP contribution in [0.15, 0.2) is 24.3 Å². The first-order valence-corrected chi connectivity index (χ1v) is 6.03. The van der Waals surface area contributed by atoms with Gasteiger partial charge in [-0.3, -0.25) is 4.79 Å². The van der Waals surface area contributed by atoms with Crippen molar-refractivity contribution in [3.05, 3.63) is 40.8 Å². The van der Waals surface area contributed by atoms with Crippen LogP contribution < -0.4 is 5.32 Å². The smallest absolute Gasteiger partial charge is 0.254 e. The summed E-state index contributed by atoms with van der Waals surface area (Å²) < 4.78 is 13.0. The number of rotatable bonds is 3. The lowest BCUT2D eigenvalue weighted by Crippen LogP contribution is -2.24. The molecular weight excluding hydrogens is 255 g/mol. The normalized spacial score (nSPS) is 10.6. The number of amides is 1. The zero-order valence-corrected chi connectivity index (χ0v) is 10.6. The molecule has 1 heterocycles. The monoisotopic (exact) mass is 266 g/mol. The largest absolute Gasteiger partial charge is 0.352 e. The molecule has 0 saturated heterocycles. The van der Waals surface area contributed by atoms with Crippen LogP contribution in [0.3, 0.4) is 0 Å². The SMILES string of the molecule is CCCNC(=O)c1cc2ccc(F)cc2nc1Cl. The Morgan fingerprint density at radius 3 is 2.94 bits per heavy atom. The van der Waals surface area contributed by atoms with Crippen LogP contribution in [0.4, 0.5) is 4.39 Å². The predicted octanol–water partition coefficient (Wildman–Crippen LogP) is 3.17. The van der Waals surface area contributed by atoms with Crippen LogP contribution in [0.25, 0.3) is 10.9 Å². The van der Waals surface area contributed by atoms with E-state index in [1.54, 1.807) is 12.1 Å². The average Bonchev–Trinajstić information content (AvgIpc) is 2.35. The minimum atomic E-state index is -0.380. The molecule has 0 aliphatic carbocycles. The van der Waals surface area contributed by atoms with Crippen molar-refractivity contribution in [2.24, 2.45) is 0 Å². The van der Waals surface area contributed by atoms with Gasteiger partial charge in [0.25, 0.3) is 5.91 Å². The predicted molar refractivity (Wildman–Crippen MR) is 69.3 cm³/mol. The van der Waals surface area contributed by atoms with Gasteiger partial charge in [-0.15, -0.1) is 0 Å². The third-order valence-corrected chi connectivity index (χ3v) is 2.80. The summed E-state index contributed by atoms with van der Waals surface area (Å²) in [6.07, 6.45) is 0.843. The first-order valence-electron chi connectivity index (χ1n) is 5.66. The van der Waals surface area contributed by atoms with Crippen molar-refractivity contribution in [2.75, 3.05) is 6.54 Å². The van der Waals surface area contributed by atoms with Gasteiger partial charge in [0.15, 0.2) is 0 Å². The summed E-state index contributed by atoms with van der Waals surface area (Å²) in [4.78, 5) is 15.9. The van der Waals surface area contributed by atoms with Gasteiger partial charge in [-0.1, -0.05) is 18.5 Å². The number of hydrogen-bond donors (Lipinski definition) is 1. The third kappa shape index (κ3) is 2.59. The van der Waals surface area contributed by atoms with Crippen molar-refractivity contribution in [1.82, 2.24) is 10.3 Å². The van der Waals surface area contributed by atoms with Gasteiger partial charge in [-0.25, -0.2) is 9.37 Å². The van der Waals surface area contributed by atoms with Gasteiger partial charge >= 0.3 is 0 Å². The molecule has 2 rings (SSSR count). The number of pyridine rings is 1. The number of nitrogens with zero attached hydrogens (tertiary/aromatic N) is 1. The molecule has 1 aromatic carbocycles. The molecule has 0 fully saturated rings. The molecule has 1 aromatic heterocycles. The van der Waals surface area contributed by atoms with Crippen LogP contribution in [0, 0.1) is 5.82 Å². The fourth-order valence-electron chi connectivity index (χ4n) is 1.61. The highest BCUT2D eigenvalue weighted by Gasteiger charge is 2.12. The van der Waals surface area contributed by atoms with E-state index in [0.717, 1.165) is 6.42 Å². The molecule has 18 heavy (non-hydrogen) atoms. The molecular formula is C13H12ClFN2O. The molecule has 0 unspecified atom stereocenters. The van der Waals surface area contributed by atoms with Crippen LogP contribution in [-0.4, -0.2) is 17.4 Å². The molecule has 0 aliphatic heterocycles. The Kier molecular flexibility index (Phi) is 3.77. The summed E-state index contributed by atoms with van der Waals surface area (Å²) in [5.74, 6) is -0.644. The Balaban J connectivity index is 2.43. The lowest BCUT2D eigenvalue weighted by atomic mass is 10.1. The number of carbonyl (C=O) groups is 1. The topological polar surface area (TPSA) is 42.0 Å². The summed E-state index contributed by atoms with van der Waals surface area (Å²) in [6.45, 7) is 2.54. The molecule has 94 valence electrons. The number of aromatic nitrogens is 1. The highest BCUT2D eigenvalue weighted by Crippen LogP contribution is 2.21. The lowest BCUT2D eigenvalue weighted by molar-refractivity contribution is 0.0953. The van der Waals surface area contributed by atoms with E-state index in [-0.39, 0.29) is 16.9 Å². The second-order valence-corrected chi connectivity index (χ2v) is 4.28. The number of benzene rings is 1. The maximum absolute atomic E-state index is 13.0. The van der Waals surface area contributed by atoms with Gasteiger partial charge in [0.05, 0.1) is 11.1 Å². The van der Waals surface area contributed by atoms with Gasteiger partial charge in [0.2, 0.25) is 0 Å². The minimum Gasteiger partial charge on any atom is -0.352 e. The first-order chi connectivity index (χ1) is 8.61. The van der Waals surface area contributed by atoms with Gasteiger partial charge in [-0.2, -0.15) is 0 Å². The van der Waals surface area contributed by atoms with E-state index in [2.05, 4.69) is 10.3 Å². The zero-order valence-electron chi connectivity index (χ0n) is 9.84. The molecule has 0 aliphatic rings. The molecule has 0 spiro atoms. The maximum atomic E-state index is 13.0. The highest BCUT2D eigenvalue weighted by molar-refractivity contribution is 6.33. The molecule has 0 atom stereocenters. The van der Waals surface area contributed by atoms with Crippen molar-refractivity contribution in [2.45, 2.75) is 13.3 Å². The van der Waals surface area contributed by atoms with Crippen molar-refractivity contribution >= 4 is 28.4 Å². The fourth-order valence-corrected chi connectivity index (χ4v) is 1.84. The van der Waals surface area contributed by atoms with Crippen molar-refractivity contribution in [3.63, 3.8) is 0 Å². The molecule has 0 radical (unpaired) electrons. The van der Waals surface area contributed by atoms with E-state index in [1.807, 2.05) is 6.92 Å². The molecule has 2 aromatic rings. The number of carbonyl (C=O) groups excluding carboxylic acids is 1. The molecule has 0 saturated carbocycles. The van der Waals surface area contributed by atoms with Crippen LogP contribution >= 0.6 is 11.6 Å². The van der Waals surface area contributed by atoms with E-state index < -0.39 is 0 Å². The maximum Gasteiger partial charge on any atom is 0.254 e. The second-order valence-electron chi connectivity index (χ2n) is 3.92. The Labute approximate surface area is 109 Å². The first kappa shape index (κ1) is 12.8. The summed E-state index contributed by atoms with van der Waals surface area (Å²) in [5, 5.41) is 3.50. The van der Waals surface area contributed by atoms with Crippen LogP contribution in [-0.2, 0) is 0 Å². The van der Waals surface area contributed by atoms with Gasteiger partial charge in [0, 0.05) is 18.0 Å². The van der Waals surface area contributed by atoms with E-state index >= 15 is 0 Å². The van der Waals surface area contributed by atoms with Crippen molar-refractivity contribution < 1.29 is 9.18 Å². The zero-order chi connectivity index (χ0) is 13.1.